The maximum atomic E-state index is 13.0. The molecule has 0 aliphatic carbocycles. The number of hydrogen-bond donors (Lipinski definition) is 0. The first kappa shape index (κ1) is 17.9. The van der Waals surface area contributed by atoms with Gasteiger partial charge in [0.1, 0.15) is 11.6 Å². The molecule has 0 bridgehead atoms. The van der Waals surface area contributed by atoms with Crippen molar-refractivity contribution in [1.82, 2.24) is 4.98 Å². The average molecular weight is 364 g/mol. The van der Waals surface area contributed by atoms with Crippen LogP contribution in [0.25, 0.3) is 6.08 Å². The summed E-state index contributed by atoms with van der Waals surface area (Å²) in [6, 6.07) is 12.7. The summed E-state index contributed by atoms with van der Waals surface area (Å²) in [4.78, 5) is 26.7. The van der Waals surface area contributed by atoms with Crippen molar-refractivity contribution in [3.8, 4) is 11.5 Å². The second kappa shape index (κ2) is 8.01. The second-order valence-corrected chi connectivity index (χ2v) is 5.48. The van der Waals surface area contributed by atoms with E-state index in [4.69, 9.17) is 4.74 Å². The highest BCUT2D eigenvalue weighted by atomic mass is 19.1. The molecule has 3 rings (SSSR count). The Kier molecular flexibility index (Phi) is 5.32. The molecular formula is C20H13FN2O4. The number of carbonyl (C=O) groups is 1. The lowest BCUT2D eigenvalue weighted by Gasteiger charge is -2.07. The fourth-order valence-corrected chi connectivity index (χ4v) is 2.27. The van der Waals surface area contributed by atoms with E-state index in [1.807, 2.05) is 0 Å². The molecule has 1 aromatic heterocycles. The van der Waals surface area contributed by atoms with Crippen LogP contribution in [0.15, 0.2) is 73.1 Å². The number of hydrogen-bond acceptors (Lipinski definition) is 5. The van der Waals surface area contributed by atoms with Crippen LogP contribution < -0.4 is 4.74 Å². The Morgan fingerprint density at radius 1 is 1.15 bits per heavy atom. The predicted molar refractivity (Wildman–Crippen MR) is 97.2 cm³/mol. The van der Waals surface area contributed by atoms with E-state index in [2.05, 4.69) is 4.98 Å². The van der Waals surface area contributed by atoms with Gasteiger partial charge in [-0.1, -0.05) is 12.1 Å². The SMILES string of the molecule is O=C(/C=C\c1ccc(Oc2ccc(F)cc2)c([N+](=O)[O-])c1)c1cccnc1. The summed E-state index contributed by atoms with van der Waals surface area (Å²) in [5, 5.41) is 11.3. The number of rotatable bonds is 6. The zero-order valence-corrected chi connectivity index (χ0v) is 13.9. The molecule has 0 saturated heterocycles. The number of halogens is 1. The van der Waals surface area contributed by atoms with Gasteiger partial charge in [0, 0.05) is 24.0 Å². The molecule has 0 spiro atoms. The minimum Gasteiger partial charge on any atom is -0.450 e. The van der Waals surface area contributed by atoms with Gasteiger partial charge in [0.25, 0.3) is 0 Å². The van der Waals surface area contributed by atoms with Crippen LogP contribution in [0.3, 0.4) is 0 Å². The first-order chi connectivity index (χ1) is 13.0. The van der Waals surface area contributed by atoms with E-state index in [-0.39, 0.29) is 23.0 Å². The van der Waals surface area contributed by atoms with Crippen molar-refractivity contribution >= 4 is 17.5 Å². The number of allylic oxidation sites excluding steroid dienone is 1. The molecule has 0 N–H and O–H groups in total. The van der Waals surface area contributed by atoms with Crippen LogP contribution in [-0.2, 0) is 0 Å². The molecule has 27 heavy (non-hydrogen) atoms. The van der Waals surface area contributed by atoms with Gasteiger partial charge in [-0.25, -0.2) is 4.39 Å². The van der Waals surface area contributed by atoms with Crippen LogP contribution in [0.4, 0.5) is 10.1 Å². The average Bonchev–Trinajstić information content (AvgIpc) is 2.69. The molecule has 3 aromatic rings. The highest BCUT2D eigenvalue weighted by Gasteiger charge is 2.16. The van der Waals surface area contributed by atoms with E-state index in [1.54, 1.807) is 24.4 Å². The van der Waals surface area contributed by atoms with Gasteiger partial charge < -0.3 is 4.74 Å². The van der Waals surface area contributed by atoms with Crippen molar-refractivity contribution in [2.45, 2.75) is 0 Å². The Bertz CT molecular complexity index is 1000. The largest absolute Gasteiger partial charge is 0.450 e. The quantitative estimate of drug-likeness (QED) is 0.271. The molecule has 0 aliphatic rings. The molecule has 6 nitrogen and oxygen atoms in total. The summed E-state index contributed by atoms with van der Waals surface area (Å²) >= 11 is 0. The summed E-state index contributed by atoms with van der Waals surface area (Å²) in [5.74, 6) is -0.412. The summed E-state index contributed by atoms with van der Waals surface area (Å²) in [6.07, 6.45) is 5.79. The number of carbonyl (C=O) groups excluding carboxylic acids is 1. The summed E-state index contributed by atoms with van der Waals surface area (Å²) in [6.45, 7) is 0. The van der Waals surface area contributed by atoms with Gasteiger partial charge in [-0.05, 0) is 54.1 Å². The molecule has 7 heteroatoms. The lowest BCUT2D eigenvalue weighted by molar-refractivity contribution is -0.385. The van der Waals surface area contributed by atoms with Crippen molar-refractivity contribution in [1.29, 1.82) is 0 Å². The van der Waals surface area contributed by atoms with Crippen LogP contribution in [0, 0.1) is 15.9 Å². The highest BCUT2D eigenvalue weighted by molar-refractivity contribution is 6.06. The molecule has 0 saturated carbocycles. The summed E-state index contributed by atoms with van der Waals surface area (Å²) in [7, 11) is 0. The topological polar surface area (TPSA) is 82.3 Å². The molecule has 2 aromatic carbocycles. The van der Waals surface area contributed by atoms with Crippen molar-refractivity contribution in [2.75, 3.05) is 0 Å². The van der Waals surface area contributed by atoms with Crippen molar-refractivity contribution in [3.05, 3.63) is 100 Å². The zero-order valence-electron chi connectivity index (χ0n) is 13.9. The molecule has 0 unspecified atom stereocenters. The van der Waals surface area contributed by atoms with Crippen LogP contribution in [0.2, 0.25) is 0 Å². The minimum atomic E-state index is -0.584. The Hall–Kier alpha value is -3.87. The van der Waals surface area contributed by atoms with Gasteiger partial charge in [0.15, 0.2) is 5.78 Å². The van der Waals surface area contributed by atoms with E-state index < -0.39 is 10.7 Å². The molecule has 0 radical (unpaired) electrons. The standard InChI is InChI=1S/C20H13FN2O4/c21-16-5-7-17(8-6-16)27-20-10-4-14(12-18(20)23(25)26)3-9-19(24)15-2-1-11-22-13-15/h1-13H/b9-3-. The van der Waals surface area contributed by atoms with E-state index in [0.717, 1.165) is 0 Å². The van der Waals surface area contributed by atoms with E-state index in [1.165, 1.54) is 54.7 Å². The maximum absolute atomic E-state index is 13.0. The summed E-state index contributed by atoms with van der Waals surface area (Å²) in [5.41, 5.74) is 0.611. The van der Waals surface area contributed by atoms with Crippen LogP contribution in [0.5, 0.6) is 11.5 Å². The lowest BCUT2D eigenvalue weighted by Crippen LogP contribution is -1.95. The smallest absolute Gasteiger partial charge is 0.312 e. The number of benzene rings is 2. The monoisotopic (exact) mass is 364 g/mol. The van der Waals surface area contributed by atoms with Crippen LogP contribution >= 0.6 is 0 Å². The first-order valence-electron chi connectivity index (χ1n) is 7.87. The Labute approximate surface area is 153 Å². The Morgan fingerprint density at radius 2 is 1.93 bits per heavy atom. The van der Waals surface area contributed by atoms with Gasteiger partial charge in [-0.2, -0.15) is 0 Å². The maximum Gasteiger partial charge on any atom is 0.312 e. The number of nitro groups is 1. The molecule has 0 aliphatic heterocycles. The van der Waals surface area contributed by atoms with E-state index in [9.17, 15) is 19.3 Å². The fraction of sp³-hybridized carbons (Fsp3) is 0. The molecular weight excluding hydrogens is 351 g/mol. The summed E-state index contributed by atoms with van der Waals surface area (Å²) < 4.78 is 18.4. The number of aromatic nitrogens is 1. The van der Waals surface area contributed by atoms with Crippen LogP contribution in [0.1, 0.15) is 15.9 Å². The number of pyridine rings is 1. The zero-order chi connectivity index (χ0) is 19.2. The van der Waals surface area contributed by atoms with Gasteiger partial charge in [-0.15, -0.1) is 0 Å². The normalized spacial score (nSPS) is 10.7. The molecule has 134 valence electrons. The van der Waals surface area contributed by atoms with Gasteiger partial charge in [-0.3, -0.25) is 19.9 Å². The third kappa shape index (κ3) is 4.60. The van der Waals surface area contributed by atoms with E-state index >= 15 is 0 Å². The Morgan fingerprint density at radius 3 is 2.59 bits per heavy atom. The van der Waals surface area contributed by atoms with Gasteiger partial charge in [0.2, 0.25) is 5.75 Å². The van der Waals surface area contributed by atoms with Crippen LogP contribution in [-0.4, -0.2) is 15.7 Å². The van der Waals surface area contributed by atoms with Crippen molar-refractivity contribution in [3.63, 3.8) is 0 Å². The molecule has 1 heterocycles. The molecule has 0 fully saturated rings. The number of ketones is 1. The predicted octanol–water partition coefficient (Wildman–Crippen LogP) is 4.82. The first-order valence-corrected chi connectivity index (χ1v) is 7.87. The van der Waals surface area contributed by atoms with Gasteiger partial charge >= 0.3 is 5.69 Å². The third-order valence-corrected chi connectivity index (χ3v) is 3.59. The fourth-order valence-electron chi connectivity index (χ4n) is 2.27. The third-order valence-electron chi connectivity index (χ3n) is 3.59. The minimum absolute atomic E-state index is 0.0161. The second-order valence-electron chi connectivity index (χ2n) is 5.48. The van der Waals surface area contributed by atoms with Crippen molar-refractivity contribution < 1.29 is 18.8 Å². The van der Waals surface area contributed by atoms with Crippen molar-refractivity contribution in [2.24, 2.45) is 0 Å². The van der Waals surface area contributed by atoms with E-state index in [0.29, 0.717) is 11.1 Å². The number of ether oxygens (including phenoxy) is 1. The molecule has 0 atom stereocenters. The van der Waals surface area contributed by atoms with Gasteiger partial charge in [0.05, 0.1) is 4.92 Å². The lowest BCUT2D eigenvalue weighted by atomic mass is 10.1. The number of nitrogens with zero attached hydrogens (tertiary/aromatic N) is 2. The number of nitro benzene ring substituents is 1. The Balaban J connectivity index is 1.83. The molecule has 0 amide bonds. The highest BCUT2D eigenvalue weighted by Crippen LogP contribution is 2.32.